The van der Waals surface area contributed by atoms with E-state index in [1.807, 2.05) is 43.3 Å². The zero-order chi connectivity index (χ0) is 15.4. The van der Waals surface area contributed by atoms with E-state index >= 15 is 0 Å². The molecular weight excluding hydrogens is 280 g/mol. The SMILES string of the molecule is CCc1nc2ccc(OCCOc3cccc(N)c3)cc2o1. The predicted octanol–water partition coefficient (Wildman–Crippen LogP) is 3.43. The van der Waals surface area contributed by atoms with Gasteiger partial charge in [0.15, 0.2) is 11.5 Å². The average molecular weight is 298 g/mol. The van der Waals surface area contributed by atoms with Crippen molar-refractivity contribution in [2.24, 2.45) is 0 Å². The summed E-state index contributed by atoms with van der Waals surface area (Å²) in [6, 6.07) is 12.9. The monoisotopic (exact) mass is 298 g/mol. The Balaban J connectivity index is 1.55. The quantitative estimate of drug-likeness (QED) is 0.557. The van der Waals surface area contributed by atoms with Gasteiger partial charge in [-0.25, -0.2) is 4.98 Å². The van der Waals surface area contributed by atoms with Crippen LogP contribution in [-0.4, -0.2) is 18.2 Å². The highest BCUT2D eigenvalue weighted by molar-refractivity contribution is 5.74. The molecule has 0 fully saturated rings. The number of nitrogen functional groups attached to an aromatic ring is 1. The van der Waals surface area contributed by atoms with Crippen LogP contribution in [0.5, 0.6) is 11.5 Å². The number of anilines is 1. The standard InChI is InChI=1S/C17H18N2O3/c1-2-17-19-15-7-6-14(11-16(15)22-17)21-9-8-20-13-5-3-4-12(18)10-13/h3-7,10-11H,2,8-9,18H2,1H3. The smallest absolute Gasteiger partial charge is 0.195 e. The van der Waals surface area contributed by atoms with Crippen molar-refractivity contribution >= 4 is 16.8 Å². The molecule has 0 saturated heterocycles. The summed E-state index contributed by atoms with van der Waals surface area (Å²) in [5.74, 6) is 2.21. The van der Waals surface area contributed by atoms with E-state index in [4.69, 9.17) is 19.6 Å². The first kappa shape index (κ1) is 14.3. The molecule has 0 aliphatic heterocycles. The van der Waals surface area contributed by atoms with E-state index in [1.165, 1.54) is 0 Å². The van der Waals surface area contributed by atoms with Crippen molar-refractivity contribution in [3.05, 3.63) is 48.4 Å². The maximum atomic E-state index is 5.69. The Bertz CT molecular complexity index is 767. The van der Waals surface area contributed by atoms with Gasteiger partial charge in [0, 0.05) is 24.2 Å². The lowest BCUT2D eigenvalue weighted by molar-refractivity contribution is 0.217. The highest BCUT2D eigenvalue weighted by Gasteiger charge is 2.05. The highest BCUT2D eigenvalue weighted by atomic mass is 16.5. The van der Waals surface area contributed by atoms with Crippen molar-refractivity contribution in [2.45, 2.75) is 13.3 Å². The number of nitrogens with zero attached hydrogens (tertiary/aromatic N) is 1. The summed E-state index contributed by atoms with van der Waals surface area (Å²) in [6.07, 6.45) is 0.777. The maximum Gasteiger partial charge on any atom is 0.195 e. The van der Waals surface area contributed by atoms with Crippen LogP contribution in [0.4, 0.5) is 5.69 Å². The van der Waals surface area contributed by atoms with Crippen molar-refractivity contribution in [2.75, 3.05) is 18.9 Å². The molecule has 0 amide bonds. The van der Waals surface area contributed by atoms with Gasteiger partial charge in [-0.05, 0) is 24.3 Å². The molecule has 0 radical (unpaired) electrons. The first-order chi connectivity index (χ1) is 10.7. The van der Waals surface area contributed by atoms with Gasteiger partial charge in [0.25, 0.3) is 0 Å². The lowest BCUT2D eigenvalue weighted by Gasteiger charge is -2.08. The van der Waals surface area contributed by atoms with Crippen molar-refractivity contribution in [1.29, 1.82) is 0 Å². The van der Waals surface area contributed by atoms with Crippen molar-refractivity contribution in [3.8, 4) is 11.5 Å². The molecular formula is C17H18N2O3. The fourth-order valence-electron chi connectivity index (χ4n) is 2.12. The van der Waals surface area contributed by atoms with Crippen LogP contribution in [0.25, 0.3) is 11.1 Å². The van der Waals surface area contributed by atoms with E-state index < -0.39 is 0 Å². The first-order valence-electron chi connectivity index (χ1n) is 7.25. The van der Waals surface area contributed by atoms with Gasteiger partial charge >= 0.3 is 0 Å². The van der Waals surface area contributed by atoms with E-state index in [0.29, 0.717) is 18.9 Å². The number of fused-ring (bicyclic) bond motifs is 1. The van der Waals surface area contributed by atoms with E-state index in [2.05, 4.69) is 4.98 Å². The molecule has 0 unspecified atom stereocenters. The molecule has 22 heavy (non-hydrogen) atoms. The minimum absolute atomic E-state index is 0.440. The molecule has 0 aliphatic rings. The molecule has 3 aromatic rings. The lowest BCUT2D eigenvalue weighted by Crippen LogP contribution is -2.09. The van der Waals surface area contributed by atoms with Gasteiger partial charge in [-0.3, -0.25) is 0 Å². The average Bonchev–Trinajstić information content (AvgIpc) is 2.94. The van der Waals surface area contributed by atoms with E-state index in [1.54, 1.807) is 6.07 Å². The molecule has 1 heterocycles. The van der Waals surface area contributed by atoms with Gasteiger partial charge in [-0.1, -0.05) is 13.0 Å². The van der Waals surface area contributed by atoms with Crippen LogP contribution in [0.3, 0.4) is 0 Å². The molecule has 114 valence electrons. The van der Waals surface area contributed by atoms with E-state index in [0.717, 1.165) is 34.9 Å². The minimum atomic E-state index is 0.440. The van der Waals surface area contributed by atoms with Crippen LogP contribution in [0.15, 0.2) is 46.9 Å². The fraction of sp³-hybridized carbons (Fsp3) is 0.235. The molecule has 0 atom stereocenters. The third-order valence-corrected chi connectivity index (χ3v) is 3.19. The number of benzene rings is 2. The van der Waals surface area contributed by atoms with Crippen molar-refractivity contribution < 1.29 is 13.9 Å². The Kier molecular flexibility index (Phi) is 4.14. The summed E-state index contributed by atoms with van der Waals surface area (Å²) in [4.78, 5) is 4.36. The second-order valence-electron chi connectivity index (χ2n) is 4.86. The lowest BCUT2D eigenvalue weighted by atomic mass is 10.3. The summed E-state index contributed by atoms with van der Waals surface area (Å²) in [6.45, 7) is 2.89. The molecule has 1 aromatic heterocycles. The number of ether oxygens (including phenoxy) is 2. The third-order valence-electron chi connectivity index (χ3n) is 3.19. The summed E-state index contributed by atoms with van der Waals surface area (Å²) in [5, 5.41) is 0. The molecule has 3 rings (SSSR count). The topological polar surface area (TPSA) is 70.5 Å². The van der Waals surface area contributed by atoms with Gasteiger partial charge in [0.1, 0.15) is 30.2 Å². The van der Waals surface area contributed by atoms with E-state index in [-0.39, 0.29) is 0 Å². The molecule has 5 heteroatoms. The Morgan fingerprint density at radius 3 is 2.55 bits per heavy atom. The number of rotatable bonds is 6. The largest absolute Gasteiger partial charge is 0.490 e. The molecule has 2 N–H and O–H groups in total. The number of oxazole rings is 1. The molecule has 2 aromatic carbocycles. The normalized spacial score (nSPS) is 10.8. The summed E-state index contributed by atoms with van der Waals surface area (Å²) in [7, 11) is 0. The third kappa shape index (κ3) is 3.31. The molecule has 0 saturated carbocycles. The van der Waals surface area contributed by atoms with Crippen molar-refractivity contribution in [3.63, 3.8) is 0 Å². The highest BCUT2D eigenvalue weighted by Crippen LogP contribution is 2.22. The van der Waals surface area contributed by atoms with Gasteiger partial charge < -0.3 is 19.6 Å². The second-order valence-corrected chi connectivity index (χ2v) is 4.86. The van der Waals surface area contributed by atoms with Gasteiger partial charge in [0.2, 0.25) is 0 Å². The number of aryl methyl sites for hydroxylation is 1. The maximum absolute atomic E-state index is 5.69. The van der Waals surface area contributed by atoms with Crippen LogP contribution in [0, 0.1) is 0 Å². The Morgan fingerprint density at radius 2 is 1.82 bits per heavy atom. The predicted molar refractivity (Wildman–Crippen MR) is 85.2 cm³/mol. The summed E-state index contributed by atoms with van der Waals surface area (Å²) in [5.41, 5.74) is 7.96. The zero-order valence-electron chi connectivity index (χ0n) is 12.4. The number of hydrogen-bond donors (Lipinski definition) is 1. The van der Waals surface area contributed by atoms with Crippen LogP contribution < -0.4 is 15.2 Å². The molecule has 5 nitrogen and oxygen atoms in total. The van der Waals surface area contributed by atoms with Crippen LogP contribution in [0.2, 0.25) is 0 Å². The Morgan fingerprint density at radius 1 is 1.05 bits per heavy atom. The number of aromatic nitrogens is 1. The van der Waals surface area contributed by atoms with E-state index in [9.17, 15) is 0 Å². The van der Waals surface area contributed by atoms with Crippen LogP contribution >= 0.6 is 0 Å². The van der Waals surface area contributed by atoms with Gasteiger partial charge in [0.05, 0.1) is 0 Å². The fourth-order valence-corrected chi connectivity index (χ4v) is 2.12. The number of nitrogens with two attached hydrogens (primary N) is 1. The second kappa shape index (κ2) is 6.39. The van der Waals surface area contributed by atoms with Crippen LogP contribution in [0.1, 0.15) is 12.8 Å². The molecule has 0 spiro atoms. The zero-order valence-corrected chi connectivity index (χ0v) is 12.4. The molecule has 0 aliphatic carbocycles. The minimum Gasteiger partial charge on any atom is -0.490 e. The van der Waals surface area contributed by atoms with Gasteiger partial charge in [-0.15, -0.1) is 0 Å². The van der Waals surface area contributed by atoms with Crippen LogP contribution in [-0.2, 0) is 6.42 Å². The Labute approximate surface area is 128 Å². The summed E-state index contributed by atoms with van der Waals surface area (Å²) < 4.78 is 16.9. The first-order valence-corrected chi connectivity index (χ1v) is 7.25. The van der Waals surface area contributed by atoms with Gasteiger partial charge in [-0.2, -0.15) is 0 Å². The number of hydrogen-bond acceptors (Lipinski definition) is 5. The summed E-state index contributed by atoms with van der Waals surface area (Å²) >= 11 is 0. The van der Waals surface area contributed by atoms with Crippen molar-refractivity contribution in [1.82, 2.24) is 4.98 Å². The molecule has 0 bridgehead atoms. The Hall–Kier alpha value is -2.69.